The summed E-state index contributed by atoms with van der Waals surface area (Å²) in [7, 11) is 0. The van der Waals surface area contributed by atoms with Crippen molar-refractivity contribution in [1.82, 2.24) is 0 Å². The van der Waals surface area contributed by atoms with Crippen molar-refractivity contribution < 1.29 is 14.7 Å². The van der Waals surface area contributed by atoms with Gasteiger partial charge in [0.2, 0.25) is 0 Å². The van der Waals surface area contributed by atoms with Gasteiger partial charge in [-0.3, -0.25) is 9.59 Å². The molecule has 1 aliphatic carbocycles. The molecule has 186 valence electrons. The molecule has 4 heteroatoms. The Morgan fingerprint density at radius 2 is 1.30 bits per heavy atom. The van der Waals surface area contributed by atoms with E-state index in [9.17, 15) is 20.0 Å². The van der Waals surface area contributed by atoms with E-state index >= 15 is 0 Å². The Labute approximate surface area is 202 Å². The lowest BCUT2D eigenvalue weighted by Gasteiger charge is -2.25. The van der Waals surface area contributed by atoms with Crippen LogP contribution in [0.25, 0.3) is 0 Å². The fraction of sp³-hybridized carbons (Fsp3) is 0.759. The lowest BCUT2D eigenvalue weighted by atomic mass is 9.81. The maximum Gasteiger partial charge on any atom is 0.200 e. The van der Waals surface area contributed by atoms with E-state index < -0.39 is 5.60 Å². The predicted octanol–water partition coefficient (Wildman–Crippen LogP) is 7.27. The standard InChI is InChI=1S/C29H47NO3/c1-20(2)11-8-12-21(3)13-9-14-22(4)15-10-17-29(7,33)18-16-25-26(19-30)28(32)24(6)23(5)27(25)31/h20-22,33H,8-18H2,1-7H3/t21-,22-,29-/m1/s1. The van der Waals surface area contributed by atoms with Crippen molar-refractivity contribution in [3.05, 3.63) is 22.3 Å². The summed E-state index contributed by atoms with van der Waals surface area (Å²) in [5.41, 5.74) is 0.0708. The molecule has 0 radical (unpaired) electrons. The van der Waals surface area contributed by atoms with Crippen molar-refractivity contribution in [2.75, 3.05) is 0 Å². The summed E-state index contributed by atoms with van der Waals surface area (Å²) in [6.45, 7) is 14.3. The van der Waals surface area contributed by atoms with E-state index in [1.807, 2.05) is 6.07 Å². The molecule has 1 N–H and O–H groups in total. The highest BCUT2D eigenvalue weighted by Crippen LogP contribution is 2.31. The Hall–Kier alpha value is -1.73. The summed E-state index contributed by atoms with van der Waals surface area (Å²) in [6, 6.07) is 1.92. The van der Waals surface area contributed by atoms with E-state index in [0.29, 0.717) is 29.9 Å². The van der Waals surface area contributed by atoms with Crippen molar-refractivity contribution >= 4 is 11.6 Å². The Kier molecular flexibility index (Phi) is 12.3. The fourth-order valence-corrected chi connectivity index (χ4v) is 4.69. The van der Waals surface area contributed by atoms with E-state index in [0.717, 1.165) is 24.7 Å². The maximum atomic E-state index is 12.6. The molecule has 0 amide bonds. The fourth-order valence-electron chi connectivity index (χ4n) is 4.69. The molecule has 1 aliphatic rings. The van der Waals surface area contributed by atoms with Gasteiger partial charge < -0.3 is 5.11 Å². The normalized spacial score (nSPS) is 18.5. The van der Waals surface area contributed by atoms with Crippen LogP contribution in [0.5, 0.6) is 0 Å². The van der Waals surface area contributed by atoms with Crippen LogP contribution in [0.4, 0.5) is 0 Å². The van der Waals surface area contributed by atoms with Crippen LogP contribution < -0.4 is 0 Å². The summed E-state index contributed by atoms with van der Waals surface area (Å²) < 4.78 is 0. The number of carbonyl (C=O) groups is 2. The topological polar surface area (TPSA) is 78.2 Å². The SMILES string of the molecule is CC1=C(C)C(=O)C(CC[C@](C)(O)CCC[C@H](C)CCC[C@H](C)CCCC(C)C)=C(C#N)C1=O. The zero-order chi connectivity index (χ0) is 25.2. The summed E-state index contributed by atoms with van der Waals surface area (Å²) >= 11 is 0. The number of hydrogen-bond donors (Lipinski definition) is 1. The Bertz CT molecular complexity index is 779. The number of ketones is 2. The van der Waals surface area contributed by atoms with Gasteiger partial charge in [0.05, 0.1) is 5.60 Å². The predicted molar refractivity (Wildman–Crippen MR) is 136 cm³/mol. The van der Waals surface area contributed by atoms with Gasteiger partial charge in [-0.1, -0.05) is 79.1 Å². The minimum absolute atomic E-state index is 0.0500. The molecule has 0 aromatic carbocycles. The van der Waals surface area contributed by atoms with Gasteiger partial charge in [0, 0.05) is 16.7 Å². The first-order valence-corrected chi connectivity index (χ1v) is 13.0. The minimum Gasteiger partial charge on any atom is -0.390 e. The van der Waals surface area contributed by atoms with Gasteiger partial charge in [-0.2, -0.15) is 5.26 Å². The van der Waals surface area contributed by atoms with Gasteiger partial charge in [-0.05, 0) is 57.8 Å². The second-order valence-corrected chi connectivity index (χ2v) is 11.2. The number of hydrogen-bond acceptors (Lipinski definition) is 4. The highest BCUT2D eigenvalue weighted by molar-refractivity contribution is 6.26. The average Bonchev–Trinajstić information content (AvgIpc) is 2.73. The molecule has 33 heavy (non-hydrogen) atoms. The lowest BCUT2D eigenvalue weighted by Crippen LogP contribution is -2.27. The van der Waals surface area contributed by atoms with E-state index in [1.165, 1.54) is 38.5 Å². The van der Waals surface area contributed by atoms with Crippen molar-refractivity contribution in [3.8, 4) is 6.07 Å². The van der Waals surface area contributed by atoms with Crippen molar-refractivity contribution in [2.45, 2.75) is 125 Å². The third-order valence-electron chi connectivity index (χ3n) is 7.36. The van der Waals surface area contributed by atoms with Gasteiger partial charge in [-0.15, -0.1) is 0 Å². The zero-order valence-electron chi connectivity index (χ0n) is 22.2. The van der Waals surface area contributed by atoms with Crippen LogP contribution in [0.2, 0.25) is 0 Å². The van der Waals surface area contributed by atoms with Gasteiger partial charge in [0.25, 0.3) is 0 Å². The molecule has 0 saturated heterocycles. The Balaban J connectivity index is 2.39. The molecule has 0 saturated carbocycles. The largest absolute Gasteiger partial charge is 0.390 e. The number of Topliss-reactive ketones (excluding diaryl/α,β-unsaturated/α-hetero) is 2. The third-order valence-corrected chi connectivity index (χ3v) is 7.36. The first kappa shape index (κ1) is 29.3. The summed E-state index contributed by atoms with van der Waals surface area (Å²) in [5, 5.41) is 20.2. The van der Waals surface area contributed by atoms with E-state index in [4.69, 9.17) is 0 Å². The first-order valence-electron chi connectivity index (χ1n) is 13.0. The van der Waals surface area contributed by atoms with Crippen LogP contribution in [0.15, 0.2) is 22.3 Å². The third kappa shape index (κ3) is 9.97. The number of aliphatic hydroxyl groups is 1. The number of allylic oxidation sites excluding steroid dienone is 4. The van der Waals surface area contributed by atoms with Crippen LogP contribution in [-0.2, 0) is 9.59 Å². The van der Waals surface area contributed by atoms with Crippen molar-refractivity contribution in [3.63, 3.8) is 0 Å². The Morgan fingerprint density at radius 3 is 1.82 bits per heavy atom. The van der Waals surface area contributed by atoms with Crippen molar-refractivity contribution in [1.29, 1.82) is 5.26 Å². The van der Waals surface area contributed by atoms with Crippen LogP contribution in [-0.4, -0.2) is 22.3 Å². The number of nitrogens with zero attached hydrogens (tertiary/aromatic N) is 1. The molecule has 0 aromatic rings. The van der Waals surface area contributed by atoms with Crippen LogP contribution in [0, 0.1) is 29.1 Å². The van der Waals surface area contributed by atoms with E-state index in [1.54, 1.807) is 20.8 Å². The molecule has 1 rings (SSSR count). The molecule has 3 atom stereocenters. The average molecular weight is 458 g/mol. The van der Waals surface area contributed by atoms with Gasteiger partial charge in [0.1, 0.15) is 11.6 Å². The molecule has 0 bridgehead atoms. The minimum atomic E-state index is -0.911. The quantitative estimate of drug-likeness (QED) is 0.262. The number of rotatable bonds is 15. The molecular formula is C29H47NO3. The number of nitriles is 1. The monoisotopic (exact) mass is 457 g/mol. The van der Waals surface area contributed by atoms with Crippen LogP contribution in [0.3, 0.4) is 0 Å². The molecule has 4 nitrogen and oxygen atoms in total. The Morgan fingerprint density at radius 1 is 0.818 bits per heavy atom. The maximum absolute atomic E-state index is 12.6. The van der Waals surface area contributed by atoms with Gasteiger partial charge in [0.15, 0.2) is 11.6 Å². The zero-order valence-corrected chi connectivity index (χ0v) is 22.2. The highest BCUT2D eigenvalue weighted by Gasteiger charge is 2.32. The van der Waals surface area contributed by atoms with Crippen molar-refractivity contribution in [2.24, 2.45) is 17.8 Å². The molecule has 0 unspecified atom stereocenters. The van der Waals surface area contributed by atoms with Crippen LogP contribution >= 0.6 is 0 Å². The molecule has 0 fully saturated rings. The molecule has 0 aromatic heterocycles. The van der Waals surface area contributed by atoms with Gasteiger partial charge in [-0.25, -0.2) is 0 Å². The first-order chi connectivity index (χ1) is 15.4. The smallest absolute Gasteiger partial charge is 0.200 e. The summed E-state index contributed by atoms with van der Waals surface area (Å²) in [6.07, 6.45) is 11.1. The molecule has 0 aliphatic heterocycles. The van der Waals surface area contributed by atoms with E-state index in [2.05, 4.69) is 27.7 Å². The lowest BCUT2D eigenvalue weighted by molar-refractivity contribution is -0.116. The molecular weight excluding hydrogens is 410 g/mol. The van der Waals surface area contributed by atoms with E-state index in [-0.39, 0.29) is 29.1 Å². The highest BCUT2D eigenvalue weighted by atomic mass is 16.3. The summed E-state index contributed by atoms with van der Waals surface area (Å²) in [4.78, 5) is 25.0. The second-order valence-electron chi connectivity index (χ2n) is 11.2. The summed E-state index contributed by atoms with van der Waals surface area (Å²) in [5.74, 6) is 1.67. The van der Waals surface area contributed by atoms with Gasteiger partial charge >= 0.3 is 0 Å². The number of carbonyl (C=O) groups excluding carboxylic acids is 2. The molecule has 0 spiro atoms. The second kappa shape index (κ2) is 13.9. The van der Waals surface area contributed by atoms with Crippen LogP contribution in [0.1, 0.15) is 119 Å². The molecule has 0 heterocycles.